The minimum Gasteiger partial charge on any atom is -0.472 e. The number of aliphatic hydroxyl groups is 3. The molecule has 0 aromatic carbocycles. The van der Waals surface area contributed by atoms with Gasteiger partial charge in [-0.25, -0.2) is 4.79 Å². The molecule has 14 nitrogen and oxygen atoms in total. The molecule has 3 saturated carbocycles. The number of Topliss-reactive ketones (excluding diaryl/α,β-unsaturated/α-hetero) is 1. The summed E-state index contributed by atoms with van der Waals surface area (Å²) in [7, 11) is 0. The zero-order valence-electron chi connectivity index (χ0n) is 27.7. The zero-order chi connectivity index (χ0) is 35.4. The first-order valence-corrected chi connectivity index (χ1v) is 16.0. The van der Waals surface area contributed by atoms with Gasteiger partial charge >= 0.3 is 17.9 Å². The van der Waals surface area contributed by atoms with Crippen LogP contribution >= 0.6 is 0 Å². The Balaban J connectivity index is 1.62. The van der Waals surface area contributed by atoms with Crippen molar-refractivity contribution in [1.82, 2.24) is 0 Å². The van der Waals surface area contributed by atoms with E-state index in [-0.39, 0.29) is 25.1 Å². The Hall–Kier alpha value is -3.59. The van der Waals surface area contributed by atoms with Crippen LogP contribution in [0.3, 0.4) is 0 Å². The molecule has 3 N–H and O–H groups in total. The summed E-state index contributed by atoms with van der Waals surface area (Å²) in [5.74, 6) is -10.6. The molecule has 4 bridgehead atoms. The predicted molar refractivity (Wildman–Crippen MR) is 159 cm³/mol. The van der Waals surface area contributed by atoms with Crippen LogP contribution in [0.1, 0.15) is 65.9 Å². The SMILES string of the molecule is C=C1C(C2(C)C(OC(C)=O)CC3(O)OC4(C)COC(=O)C3C42)C(OC=O)C(OC(=O)C(O)C(C)C)C2(C)C(c3ccoc3)CC(=O)C12O. The highest BCUT2D eigenvalue weighted by Gasteiger charge is 2.82. The summed E-state index contributed by atoms with van der Waals surface area (Å²) in [6, 6.07) is 1.60. The minimum atomic E-state index is -2.45. The van der Waals surface area contributed by atoms with E-state index in [1.54, 1.807) is 33.8 Å². The molecule has 1 aromatic heterocycles. The lowest BCUT2D eigenvalue weighted by Crippen LogP contribution is -2.73. The molecule has 14 heteroatoms. The van der Waals surface area contributed by atoms with E-state index in [4.69, 9.17) is 28.1 Å². The molecular formula is C34H42O14. The first kappa shape index (κ1) is 34.3. The fraction of sp³-hybridized carbons (Fsp3) is 0.676. The Morgan fingerprint density at radius 3 is 2.40 bits per heavy atom. The molecule has 6 rings (SSSR count). The number of rotatable bonds is 8. The first-order valence-electron chi connectivity index (χ1n) is 16.0. The van der Waals surface area contributed by atoms with Crippen molar-refractivity contribution in [2.75, 3.05) is 6.61 Å². The topological polar surface area (TPSA) is 205 Å². The lowest BCUT2D eigenvalue weighted by Gasteiger charge is -2.63. The number of furan rings is 1. The Morgan fingerprint density at radius 1 is 1.12 bits per heavy atom. The van der Waals surface area contributed by atoms with Crippen molar-refractivity contribution < 1.29 is 67.4 Å². The second-order valence-corrected chi connectivity index (χ2v) is 15.0. The van der Waals surface area contributed by atoms with Gasteiger partial charge in [-0.05, 0) is 30.0 Å². The van der Waals surface area contributed by atoms with Crippen molar-refractivity contribution in [2.24, 2.45) is 34.5 Å². The highest BCUT2D eigenvalue weighted by molar-refractivity contribution is 5.96. The Kier molecular flexibility index (Phi) is 7.83. The number of fused-ring (bicyclic) bond motifs is 1. The molecule has 3 aliphatic carbocycles. The van der Waals surface area contributed by atoms with Crippen LogP contribution in [-0.2, 0) is 47.7 Å². The van der Waals surface area contributed by atoms with E-state index >= 15 is 0 Å². The quantitative estimate of drug-likeness (QED) is 0.154. The normalized spacial score (nSPS) is 45.3. The first-order chi connectivity index (χ1) is 22.3. The van der Waals surface area contributed by atoms with Gasteiger partial charge in [0.25, 0.3) is 6.47 Å². The van der Waals surface area contributed by atoms with Crippen molar-refractivity contribution in [1.29, 1.82) is 0 Å². The maximum absolute atomic E-state index is 14.2. The lowest BCUT2D eigenvalue weighted by atomic mass is 9.44. The highest BCUT2D eigenvalue weighted by atomic mass is 16.7. The van der Waals surface area contributed by atoms with Gasteiger partial charge in [-0.1, -0.05) is 34.3 Å². The Bertz CT molecular complexity index is 1550. The number of ether oxygens (including phenoxy) is 5. The predicted octanol–water partition coefficient (Wildman–Crippen LogP) is 1.34. The maximum atomic E-state index is 14.2. The summed E-state index contributed by atoms with van der Waals surface area (Å²) in [6.07, 6.45) is -3.94. The zero-order valence-corrected chi connectivity index (χ0v) is 27.7. The molecule has 262 valence electrons. The number of hydrogen-bond donors (Lipinski definition) is 3. The lowest BCUT2D eigenvalue weighted by molar-refractivity contribution is -0.260. The van der Waals surface area contributed by atoms with E-state index in [0.29, 0.717) is 5.56 Å². The molecule has 48 heavy (non-hydrogen) atoms. The monoisotopic (exact) mass is 674 g/mol. The van der Waals surface area contributed by atoms with Crippen LogP contribution in [0.4, 0.5) is 0 Å². The van der Waals surface area contributed by atoms with Crippen LogP contribution < -0.4 is 0 Å². The molecule has 2 saturated heterocycles. The number of cyclic esters (lactones) is 1. The molecule has 0 amide bonds. The average Bonchev–Trinajstić information content (AvgIpc) is 3.64. The van der Waals surface area contributed by atoms with Gasteiger partial charge < -0.3 is 43.4 Å². The Labute approximate surface area is 276 Å². The van der Waals surface area contributed by atoms with Gasteiger partial charge in [-0.2, -0.15) is 0 Å². The average molecular weight is 675 g/mol. The maximum Gasteiger partial charge on any atom is 0.335 e. The molecule has 13 atom stereocenters. The molecule has 2 aliphatic heterocycles. The summed E-state index contributed by atoms with van der Waals surface area (Å²) in [5, 5.41) is 35.4. The fourth-order valence-corrected chi connectivity index (χ4v) is 10.0. The van der Waals surface area contributed by atoms with E-state index in [9.17, 15) is 39.3 Å². The van der Waals surface area contributed by atoms with E-state index in [0.717, 1.165) is 6.92 Å². The van der Waals surface area contributed by atoms with Crippen LogP contribution in [0.5, 0.6) is 0 Å². The molecule has 13 unspecified atom stereocenters. The van der Waals surface area contributed by atoms with Crippen LogP contribution in [0.2, 0.25) is 0 Å². The van der Waals surface area contributed by atoms with Crippen molar-refractivity contribution in [3.8, 4) is 0 Å². The van der Waals surface area contributed by atoms with Gasteiger partial charge in [0.15, 0.2) is 23.3 Å². The number of esters is 3. The fourth-order valence-electron chi connectivity index (χ4n) is 10.0. The largest absolute Gasteiger partial charge is 0.472 e. The van der Waals surface area contributed by atoms with Gasteiger partial charge in [0, 0.05) is 42.9 Å². The number of carbonyl (C=O) groups excluding carboxylic acids is 5. The summed E-state index contributed by atoms with van der Waals surface area (Å²) in [4.78, 5) is 66.2. The van der Waals surface area contributed by atoms with Crippen LogP contribution in [0.15, 0.2) is 35.2 Å². The molecule has 0 radical (unpaired) electrons. The molecule has 3 heterocycles. The summed E-state index contributed by atoms with van der Waals surface area (Å²) < 4.78 is 34.6. The van der Waals surface area contributed by atoms with Crippen molar-refractivity contribution >= 4 is 30.2 Å². The third-order valence-corrected chi connectivity index (χ3v) is 12.1. The number of ketones is 1. The van der Waals surface area contributed by atoms with Crippen LogP contribution in [0.25, 0.3) is 0 Å². The number of carbonyl (C=O) groups is 5. The van der Waals surface area contributed by atoms with Gasteiger partial charge in [-0.15, -0.1) is 0 Å². The van der Waals surface area contributed by atoms with Crippen molar-refractivity contribution in [2.45, 2.75) is 102 Å². The second kappa shape index (κ2) is 11.0. The third kappa shape index (κ3) is 4.28. The van der Waals surface area contributed by atoms with Gasteiger partial charge in [-0.3, -0.25) is 19.2 Å². The van der Waals surface area contributed by atoms with Crippen LogP contribution in [0, 0.1) is 34.5 Å². The van der Waals surface area contributed by atoms with Crippen molar-refractivity contribution in [3.63, 3.8) is 0 Å². The number of hydrogen-bond acceptors (Lipinski definition) is 14. The van der Waals surface area contributed by atoms with E-state index in [1.807, 2.05) is 0 Å². The molecule has 0 spiro atoms. The van der Waals surface area contributed by atoms with Crippen LogP contribution in [-0.4, -0.2) is 93.5 Å². The smallest absolute Gasteiger partial charge is 0.335 e. The van der Waals surface area contributed by atoms with Gasteiger partial charge in [0.2, 0.25) is 0 Å². The standard InChI is InChI=1S/C34H42O14/c1-15(2)24(38)29(40)47-27-25(45-14-35)22(16(3)34(42)20(37)10-19(32(27,34)7)18-8-9-43-12-18)31(6)21(46-17(4)36)11-33(41)23-26(31)30(5,48-33)13-44-28(23)39/h8-9,12,14-15,19,21-27,38,41-42H,3,10-11,13H2,1-2,4-7H3. The van der Waals surface area contributed by atoms with E-state index in [1.165, 1.54) is 19.5 Å². The Morgan fingerprint density at radius 2 is 1.81 bits per heavy atom. The van der Waals surface area contributed by atoms with Crippen molar-refractivity contribution in [3.05, 3.63) is 36.3 Å². The van der Waals surface area contributed by atoms with E-state index in [2.05, 4.69) is 6.58 Å². The third-order valence-electron chi connectivity index (χ3n) is 12.1. The summed E-state index contributed by atoms with van der Waals surface area (Å²) in [5.41, 5.74) is -6.82. The molecular weight excluding hydrogens is 632 g/mol. The minimum absolute atomic E-state index is 0.128. The molecule has 1 aromatic rings. The molecule has 5 aliphatic rings. The van der Waals surface area contributed by atoms with E-state index < -0.39 is 112 Å². The van der Waals surface area contributed by atoms with Gasteiger partial charge in [0.1, 0.15) is 36.4 Å². The molecule has 5 fully saturated rings. The highest BCUT2D eigenvalue weighted by Crippen LogP contribution is 2.72. The second-order valence-electron chi connectivity index (χ2n) is 15.0. The van der Waals surface area contributed by atoms with Gasteiger partial charge in [0.05, 0.1) is 17.9 Å². The summed E-state index contributed by atoms with van der Waals surface area (Å²) >= 11 is 0. The number of aliphatic hydroxyl groups excluding tert-OH is 1. The summed E-state index contributed by atoms with van der Waals surface area (Å²) in [6.45, 7) is 13.2.